The van der Waals surface area contributed by atoms with Crippen molar-refractivity contribution in [3.63, 3.8) is 0 Å². The van der Waals surface area contributed by atoms with Gasteiger partial charge in [-0.25, -0.2) is 4.79 Å². The maximum absolute atomic E-state index is 11.8. The zero-order chi connectivity index (χ0) is 16.1. The van der Waals surface area contributed by atoms with Crippen LogP contribution in [0, 0.1) is 0 Å². The predicted octanol–water partition coefficient (Wildman–Crippen LogP) is 2.16. The van der Waals surface area contributed by atoms with E-state index in [9.17, 15) is 4.79 Å². The summed E-state index contributed by atoms with van der Waals surface area (Å²) in [6.07, 6.45) is 1.41. The highest BCUT2D eigenvalue weighted by molar-refractivity contribution is 5.80. The molecule has 1 aromatic carbocycles. The number of aromatic nitrogens is 1. The standard InChI is InChI=1S/C17H23N3O3/c1-17(22-10-11-23-17)7-9-19-16(21)18-8-6-14-12-13-4-2-3-5-15(13)20-14/h2-5,12,20H,6-11H2,1H3,(H2,18,19,21). The van der Waals surface area contributed by atoms with E-state index in [-0.39, 0.29) is 6.03 Å². The number of H-pyrrole nitrogens is 1. The van der Waals surface area contributed by atoms with Crippen molar-refractivity contribution in [3.05, 3.63) is 36.0 Å². The molecule has 0 aliphatic carbocycles. The monoisotopic (exact) mass is 317 g/mol. The normalized spacial score (nSPS) is 16.6. The van der Waals surface area contributed by atoms with Crippen LogP contribution in [-0.4, -0.2) is 43.1 Å². The summed E-state index contributed by atoms with van der Waals surface area (Å²) in [5.74, 6) is -0.558. The highest BCUT2D eigenvalue weighted by Gasteiger charge is 2.30. The quantitative estimate of drug-likeness (QED) is 0.764. The Morgan fingerprint density at radius 2 is 1.96 bits per heavy atom. The van der Waals surface area contributed by atoms with Crippen molar-refractivity contribution in [1.82, 2.24) is 15.6 Å². The Balaban J connectivity index is 1.36. The fraction of sp³-hybridized carbons (Fsp3) is 0.471. The van der Waals surface area contributed by atoms with Crippen molar-refractivity contribution >= 4 is 16.9 Å². The summed E-state index contributed by atoms with van der Waals surface area (Å²) in [5.41, 5.74) is 2.24. The molecular formula is C17H23N3O3. The average Bonchev–Trinajstić information content (AvgIpc) is 3.13. The van der Waals surface area contributed by atoms with Crippen LogP contribution in [0.25, 0.3) is 10.9 Å². The molecule has 2 amide bonds. The number of carbonyl (C=O) groups excluding carboxylic acids is 1. The minimum atomic E-state index is -0.558. The number of benzene rings is 1. The topological polar surface area (TPSA) is 75.4 Å². The van der Waals surface area contributed by atoms with E-state index in [4.69, 9.17) is 9.47 Å². The third kappa shape index (κ3) is 4.24. The molecule has 6 nitrogen and oxygen atoms in total. The number of para-hydroxylation sites is 1. The van der Waals surface area contributed by atoms with Crippen molar-refractivity contribution < 1.29 is 14.3 Å². The van der Waals surface area contributed by atoms with Crippen LogP contribution >= 0.6 is 0 Å². The van der Waals surface area contributed by atoms with E-state index in [1.807, 2.05) is 25.1 Å². The van der Waals surface area contributed by atoms with Gasteiger partial charge >= 0.3 is 6.03 Å². The zero-order valence-electron chi connectivity index (χ0n) is 13.4. The molecule has 0 bridgehead atoms. The van der Waals surface area contributed by atoms with Crippen LogP contribution in [0.5, 0.6) is 0 Å². The lowest BCUT2D eigenvalue weighted by molar-refractivity contribution is -0.145. The van der Waals surface area contributed by atoms with Crippen molar-refractivity contribution in [1.29, 1.82) is 0 Å². The first-order valence-corrected chi connectivity index (χ1v) is 8.01. The van der Waals surface area contributed by atoms with Gasteiger partial charge in [0, 0.05) is 37.1 Å². The van der Waals surface area contributed by atoms with Crippen molar-refractivity contribution in [3.8, 4) is 0 Å². The molecule has 1 fully saturated rings. The molecule has 124 valence electrons. The molecule has 0 saturated carbocycles. The largest absolute Gasteiger partial charge is 0.358 e. The number of carbonyl (C=O) groups is 1. The molecule has 0 spiro atoms. The van der Waals surface area contributed by atoms with Gasteiger partial charge in [0.25, 0.3) is 0 Å². The number of hydrogen-bond acceptors (Lipinski definition) is 3. The second-order valence-electron chi connectivity index (χ2n) is 5.90. The summed E-state index contributed by atoms with van der Waals surface area (Å²) >= 11 is 0. The van der Waals surface area contributed by atoms with E-state index in [1.54, 1.807) is 0 Å². The molecular weight excluding hydrogens is 294 g/mol. The van der Waals surface area contributed by atoms with Gasteiger partial charge in [-0.1, -0.05) is 18.2 Å². The molecule has 0 unspecified atom stereocenters. The number of urea groups is 1. The van der Waals surface area contributed by atoms with Gasteiger partial charge in [-0.05, 0) is 24.4 Å². The molecule has 0 atom stereocenters. The Kier molecular flexibility index (Phi) is 4.83. The van der Waals surface area contributed by atoms with Gasteiger partial charge in [-0.3, -0.25) is 0 Å². The van der Waals surface area contributed by atoms with Crippen molar-refractivity contribution in [2.45, 2.75) is 25.6 Å². The van der Waals surface area contributed by atoms with Crippen LogP contribution in [0.1, 0.15) is 19.0 Å². The van der Waals surface area contributed by atoms with Gasteiger partial charge in [0.2, 0.25) is 0 Å². The summed E-state index contributed by atoms with van der Waals surface area (Å²) in [7, 11) is 0. The first-order chi connectivity index (χ1) is 11.1. The molecule has 1 aliphatic rings. The summed E-state index contributed by atoms with van der Waals surface area (Å²) < 4.78 is 11.0. The molecule has 1 aliphatic heterocycles. The van der Waals surface area contributed by atoms with Gasteiger partial charge in [-0.15, -0.1) is 0 Å². The minimum absolute atomic E-state index is 0.164. The van der Waals surface area contributed by atoms with Crippen molar-refractivity contribution in [2.75, 3.05) is 26.3 Å². The van der Waals surface area contributed by atoms with E-state index in [0.717, 1.165) is 17.6 Å². The Morgan fingerprint density at radius 1 is 1.22 bits per heavy atom. The molecule has 2 aromatic rings. The van der Waals surface area contributed by atoms with Crippen LogP contribution in [0.4, 0.5) is 4.79 Å². The molecule has 2 heterocycles. The Bertz CT molecular complexity index is 629. The summed E-state index contributed by atoms with van der Waals surface area (Å²) in [4.78, 5) is 15.1. The SMILES string of the molecule is CC1(CCNC(=O)NCCc2cc3ccccc3[nH]2)OCCO1. The van der Waals surface area contributed by atoms with Gasteiger partial charge < -0.3 is 25.1 Å². The lowest BCUT2D eigenvalue weighted by atomic mass is 10.2. The maximum Gasteiger partial charge on any atom is 0.314 e. The number of aromatic amines is 1. The fourth-order valence-corrected chi connectivity index (χ4v) is 2.75. The smallest absolute Gasteiger partial charge is 0.314 e. The molecule has 6 heteroatoms. The third-order valence-electron chi connectivity index (χ3n) is 4.03. The Hall–Kier alpha value is -2.05. The minimum Gasteiger partial charge on any atom is -0.358 e. The number of hydrogen-bond donors (Lipinski definition) is 3. The van der Waals surface area contributed by atoms with Gasteiger partial charge in [0.1, 0.15) is 0 Å². The van der Waals surface area contributed by atoms with Crippen LogP contribution in [0.15, 0.2) is 30.3 Å². The number of ether oxygens (including phenoxy) is 2. The molecule has 3 N–H and O–H groups in total. The molecule has 0 radical (unpaired) electrons. The van der Waals surface area contributed by atoms with E-state index in [2.05, 4.69) is 27.8 Å². The van der Waals surface area contributed by atoms with Crippen LogP contribution in [0.2, 0.25) is 0 Å². The molecule has 1 aromatic heterocycles. The van der Waals surface area contributed by atoms with Gasteiger partial charge in [0.15, 0.2) is 5.79 Å². The van der Waals surface area contributed by atoms with Gasteiger partial charge in [-0.2, -0.15) is 0 Å². The Morgan fingerprint density at radius 3 is 2.74 bits per heavy atom. The maximum atomic E-state index is 11.8. The number of rotatable bonds is 6. The highest BCUT2D eigenvalue weighted by atomic mass is 16.7. The Labute approximate surface area is 135 Å². The summed E-state index contributed by atoms with van der Waals surface area (Å²) in [6.45, 7) is 4.24. The fourth-order valence-electron chi connectivity index (χ4n) is 2.75. The summed E-state index contributed by atoms with van der Waals surface area (Å²) in [5, 5.41) is 6.88. The van der Waals surface area contributed by atoms with E-state index in [0.29, 0.717) is 32.7 Å². The second-order valence-corrected chi connectivity index (χ2v) is 5.90. The van der Waals surface area contributed by atoms with E-state index < -0.39 is 5.79 Å². The third-order valence-corrected chi connectivity index (χ3v) is 4.03. The van der Waals surface area contributed by atoms with Crippen LogP contribution in [0.3, 0.4) is 0 Å². The molecule has 3 rings (SSSR count). The van der Waals surface area contributed by atoms with Crippen molar-refractivity contribution in [2.24, 2.45) is 0 Å². The first-order valence-electron chi connectivity index (χ1n) is 8.01. The highest BCUT2D eigenvalue weighted by Crippen LogP contribution is 2.21. The lowest BCUT2D eigenvalue weighted by Gasteiger charge is -2.22. The van der Waals surface area contributed by atoms with E-state index in [1.165, 1.54) is 5.39 Å². The first kappa shape index (κ1) is 15.8. The zero-order valence-corrected chi connectivity index (χ0v) is 13.4. The lowest BCUT2D eigenvalue weighted by Crippen LogP contribution is -2.40. The van der Waals surface area contributed by atoms with Crippen LogP contribution < -0.4 is 10.6 Å². The molecule has 1 saturated heterocycles. The predicted molar refractivity (Wildman–Crippen MR) is 88.3 cm³/mol. The number of fused-ring (bicyclic) bond motifs is 1. The van der Waals surface area contributed by atoms with E-state index >= 15 is 0 Å². The average molecular weight is 317 g/mol. The molecule has 23 heavy (non-hydrogen) atoms. The van der Waals surface area contributed by atoms with Crippen LogP contribution in [-0.2, 0) is 15.9 Å². The number of nitrogens with one attached hydrogen (secondary N) is 3. The van der Waals surface area contributed by atoms with Gasteiger partial charge in [0.05, 0.1) is 13.2 Å². The second kappa shape index (κ2) is 7.02. The number of amides is 2. The summed E-state index contributed by atoms with van der Waals surface area (Å²) in [6, 6.07) is 10.1.